The van der Waals surface area contributed by atoms with E-state index in [9.17, 15) is 14.4 Å². The number of likely N-dealkylation sites (tertiary alicyclic amines) is 1. The van der Waals surface area contributed by atoms with Gasteiger partial charge in [0.15, 0.2) is 6.23 Å². The maximum absolute atomic E-state index is 13.0. The summed E-state index contributed by atoms with van der Waals surface area (Å²) in [4.78, 5) is 40.0. The maximum atomic E-state index is 13.0. The highest BCUT2D eigenvalue weighted by molar-refractivity contribution is 6.07. The summed E-state index contributed by atoms with van der Waals surface area (Å²) in [7, 11) is 3.85. The zero-order chi connectivity index (χ0) is 22.8. The van der Waals surface area contributed by atoms with Crippen molar-refractivity contribution >= 4 is 29.3 Å². The Hall–Kier alpha value is -3.55. The molecule has 31 heavy (non-hydrogen) atoms. The Morgan fingerprint density at radius 1 is 1.06 bits per heavy atom. The molecule has 3 amide bonds. The summed E-state index contributed by atoms with van der Waals surface area (Å²) in [6.45, 7) is 3.78. The third-order valence-corrected chi connectivity index (χ3v) is 5.82. The number of carbonyl (C=O) groups excluding carboxylic acids is 2. The number of imide groups is 1. The SMILES string of the molecule is CCC1(CC)C(=O)N(C(=O)Nc2ccc(N(C)C)cc2)C1Oc1ccc(C(=O)O)cc1. The van der Waals surface area contributed by atoms with E-state index >= 15 is 0 Å². The van der Waals surface area contributed by atoms with Crippen molar-refractivity contribution in [2.45, 2.75) is 32.9 Å². The maximum Gasteiger partial charge on any atom is 0.335 e. The summed E-state index contributed by atoms with van der Waals surface area (Å²) >= 11 is 0. The Morgan fingerprint density at radius 3 is 2.13 bits per heavy atom. The summed E-state index contributed by atoms with van der Waals surface area (Å²) in [6, 6.07) is 12.6. The van der Waals surface area contributed by atoms with E-state index in [4.69, 9.17) is 9.84 Å². The molecule has 0 spiro atoms. The molecule has 3 rings (SSSR count). The van der Waals surface area contributed by atoms with Crippen molar-refractivity contribution < 1.29 is 24.2 Å². The van der Waals surface area contributed by atoms with Crippen LogP contribution in [0.4, 0.5) is 16.2 Å². The number of amides is 3. The number of carboxylic acids is 1. The second kappa shape index (κ2) is 8.67. The lowest BCUT2D eigenvalue weighted by Gasteiger charge is -2.53. The van der Waals surface area contributed by atoms with Gasteiger partial charge in [0.05, 0.1) is 5.56 Å². The Morgan fingerprint density at radius 2 is 1.65 bits per heavy atom. The van der Waals surface area contributed by atoms with Crippen molar-refractivity contribution in [1.82, 2.24) is 4.90 Å². The van der Waals surface area contributed by atoms with E-state index in [-0.39, 0.29) is 11.5 Å². The van der Waals surface area contributed by atoms with Crippen LogP contribution < -0.4 is 15.0 Å². The number of urea groups is 1. The molecule has 1 unspecified atom stereocenters. The lowest BCUT2D eigenvalue weighted by Crippen LogP contribution is -2.73. The number of benzene rings is 2. The molecule has 0 aromatic heterocycles. The van der Waals surface area contributed by atoms with Gasteiger partial charge in [-0.1, -0.05) is 13.8 Å². The molecule has 1 aliphatic rings. The van der Waals surface area contributed by atoms with Crippen LogP contribution in [-0.4, -0.2) is 48.2 Å². The van der Waals surface area contributed by atoms with Gasteiger partial charge in [0.1, 0.15) is 11.2 Å². The molecule has 0 bridgehead atoms. The average molecular weight is 425 g/mol. The van der Waals surface area contributed by atoms with Gasteiger partial charge in [0, 0.05) is 25.5 Å². The number of nitrogens with zero attached hydrogens (tertiary/aromatic N) is 2. The molecule has 0 aliphatic carbocycles. The van der Waals surface area contributed by atoms with Crippen molar-refractivity contribution in [1.29, 1.82) is 0 Å². The standard InChI is InChI=1S/C23H27N3O5/c1-5-23(6-2)20(29)26(21(23)31-18-13-7-15(8-14-18)19(27)28)22(30)24-16-9-11-17(12-10-16)25(3)4/h7-14,21H,5-6H2,1-4H3,(H,24,30)(H,27,28). The second-order valence-electron chi connectivity index (χ2n) is 7.71. The van der Waals surface area contributed by atoms with Crippen molar-refractivity contribution in [3.63, 3.8) is 0 Å². The molecule has 8 heteroatoms. The van der Waals surface area contributed by atoms with Crippen LogP contribution in [0.1, 0.15) is 37.0 Å². The second-order valence-corrected chi connectivity index (χ2v) is 7.71. The van der Waals surface area contributed by atoms with Gasteiger partial charge in [-0.2, -0.15) is 0 Å². The third kappa shape index (κ3) is 4.05. The van der Waals surface area contributed by atoms with Crippen molar-refractivity contribution in [3.8, 4) is 5.75 Å². The summed E-state index contributed by atoms with van der Waals surface area (Å²) in [5, 5.41) is 11.8. The molecule has 0 radical (unpaired) electrons. The number of rotatable bonds is 7. The zero-order valence-corrected chi connectivity index (χ0v) is 18.1. The molecule has 8 nitrogen and oxygen atoms in total. The number of anilines is 2. The number of hydrogen-bond acceptors (Lipinski definition) is 5. The van der Waals surface area contributed by atoms with Gasteiger partial charge < -0.3 is 20.1 Å². The van der Waals surface area contributed by atoms with E-state index in [0.29, 0.717) is 24.3 Å². The molecule has 1 atom stereocenters. The predicted molar refractivity (Wildman–Crippen MR) is 117 cm³/mol. The molecule has 164 valence electrons. The van der Waals surface area contributed by atoms with Gasteiger partial charge in [-0.25, -0.2) is 14.5 Å². The number of carbonyl (C=O) groups is 3. The average Bonchev–Trinajstić information content (AvgIpc) is 2.75. The lowest BCUT2D eigenvalue weighted by atomic mass is 9.72. The van der Waals surface area contributed by atoms with Crippen LogP contribution in [0.3, 0.4) is 0 Å². The van der Waals surface area contributed by atoms with Crippen LogP contribution in [0.15, 0.2) is 48.5 Å². The van der Waals surface area contributed by atoms with Gasteiger partial charge >= 0.3 is 12.0 Å². The number of aromatic carboxylic acids is 1. The molecule has 1 aliphatic heterocycles. The monoisotopic (exact) mass is 425 g/mol. The Bertz CT molecular complexity index is 966. The Labute approximate surface area is 181 Å². The summed E-state index contributed by atoms with van der Waals surface area (Å²) in [6.07, 6.45) is 0.245. The van der Waals surface area contributed by atoms with Crippen LogP contribution in [-0.2, 0) is 4.79 Å². The van der Waals surface area contributed by atoms with Crippen LogP contribution in [0.5, 0.6) is 5.75 Å². The predicted octanol–water partition coefficient (Wildman–Crippen LogP) is 4.04. The molecule has 0 saturated carbocycles. The van der Waals surface area contributed by atoms with E-state index in [1.807, 2.05) is 45.0 Å². The van der Waals surface area contributed by atoms with Crippen LogP contribution >= 0.6 is 0 Å². The van der Waals surface area contributed by atoms with Gasteiger partial charge in [0.2, 0.25) is 5.91 Å². The Balaban J connectivity index is 1.80. The first-order chi connectivity index (χ1) is 14.7. The topological polar surface area (TPSA) is 99.2 Å². The molecule has 1 heterocycles. The van der Waals surface area contributed by atoms with Gasteiger partial charge in [-0.3, -0.25) is 4.79 Å². The Kier molecular flexibility index (Phi) is 6.19. The fourth-order valence-corrected chi connectivity index (χ4v) is 3.73. The molecule has 2 aromatic carbocycles. The largest absolute Gasteiger partial charge is 0.478 e. The van der Waals surface area contributed by atoms with Gasteiger partial charge in [0.25, 0.3) is 0 Å². The number of hydrogen-bond donors (Lipinski definition) is 2. The minimum Gasteiger partial charge on any atom is -0.478 e. The number of carboxylic acid groups (broad SMARTS) is 1. The van der Waals surface area contributed by atoms with Crippen LogP contribution in [0.2, 0.25) is 0 Å². The smallest absolute Gasteiger partial charge is 0.335 e. The minimum absolute atomic E-state index is 0.130. The highest BCUT2D eigenvalue weighted by Gasteiger charge is 2.62. The molecular formula is C23H27N3O5. The zero-order valence-electron chi connectivity index (χ0n) is 18.1. The van der Waals surface area contributed by atoms with Gasteiger partial charge in [-0.15, -0.1) is 0 Å². The molecule has 1 saturated heterocycles. The quantitative estimate of drug-likeness (QED) is 0.650. The fraction of sp³-hybridized carbons (Fsp3) is 0.348. The highest BCUT2D eigenvalue weighted by Crippen LogP contribution is 2.46. The van der Waals surface area contributed by atoms with Crippen molar-refractivity contribution in [2.24, 2.45) is 5.41 Å². The molecule has 2 aromatic rings. The van der Waals surface area contributed by atoms with Crippen molar-refractivity contribution in [2.75, 3.05) is 24.3 Å². The molecule has 2 N–H and O–H groups in total. The summed E-state index contributed by atoms with van der Waals surface area (Å²) in [5.74, 6) is -0.933. The van der Waals surface area contributed by atoms with Crippen LogP contribution in [0, 0.1) is 5.41 Å². The van der Waals surface area contributed by atoms with E-state index in [2.05, 4.69) is 5.32 Å². The third-order valence-electron chi connectivity index (χ3n) is 5.82. The van der Waals surface area contributed by atoms with E-state index in [1.54, 1.807) is 12.1 Å². The highest BCUT2D eigenvalue weighted by atomic mass is 16.5. The lowest BCUT2D eigenvalue weighted by molar-refractivity contribution is -0.190. The van der Waals surface area contributed by atoms with E-state index in [0.717, 1.165) is 10.6 Å². The first kappa shape index (κ1) is 22.1. The molecular weight excluding hydrogens is 398 g/mol. The first-order valence-electron chi connectivity index (χ1n) is 10.2. The fourth-order valence-electron chi connectivity index (χ4n) is 3.73. The number of β-lactam (4-membered cyclic amide) rings is 1. The minimum atomic E-state index is -1.04. The van der Waals surface area contributed by atoms with E-state index in [1.165, 1.54) is 24.3 Å². The summed E-state index contributed by atoms with van der Waals surface area (Å²) < 4.78 is 6.02. The number of ether oxygens (including phenoxy) is 1. The van der Waals surface area contributed by atoms with E-state index < -0.39 is 23.6 Å². The normalized spacial score (nSPS) is 17.0. The van der Waals surface area contributed by atoms with Crippen LogP contribution in [0.25, 0.3) is 0 Å². The first-order valence-corrected chi connectivity index (χ1v) is 10.2. The summed E-state index contributed by atoms with van der Waals surface area (Å²) in [5.41, 5.74) is 0.876. The van der Waals surface area contributed by atoms with Crippen molar-refractivity contribution in [3.05, 3.63) is 54.1 Å². The van der Waals surface area contributed by atoms with Gasteiger partial charge in [-0.05, 0) is 61.4 Å². The molecule has 1 fully saturated rings. The number of nitrogens with one attached hydrogen (secondary N) is 1.